The Kier molecular flexibility index (Phi) is 3.53. The number of methoxy groups -OCH3 is 2. The molecule has 0 aliphatic carbocycles. The van der Waals surface area contributed by atoms with Crippen molar-refractivity contribution in [1.82, 2.24) is 10.3 Å². The van der Waals surface area contributed by atoms with Gasteiger partial charge in [0.1, 0.15) is 0 Å². The Morgan fingerprint density at radius 2 is 2.25 bits per heavy atom. The summed E-state index contributed by atoms with van der Waals surface area (Å²) in [6.07, 6.45) is 5.58. The summed E-state index contributed by atoms with van der Waals surface area (Å²) in [4.78, 5) is 4.14. The number of rotatable bonds is 3. The number of pyridine rings is 1. The molecule has 1 aromatic heterocycles. The average Bonchev–Trinajstić information content (AvgIpc) is 2.39. The van der Waals surface area contributed by atoms with Gasteiger partial charge in [0.15, 0.2) is 5.79 Å². The molecule has 2 heterocycles. The zero-order chi connectivity index (χ0) is 11.4. The van der Waals surface area contributed by atoms with Crippen LogP contribution in [-0.4, -0.2) is 31.5 Å². The molecule has 1 saturated heterocycles. The van der Waals surface area contributed by atoms with Gasteiger partial charge in [-0.25, -0.2) is 0 Å². The molecule has 1 fully saturated rings. The molecule has 0 aromatic carbocycles. The summed E-state index contributed by atoms with van der Waals surface area (Å²) < 4.78 is 11.2. The van der Waals surface area contributed by atoms with Crippen LogP contribution in [0.4, 0.5) is 0 Å². The fourth-order valence-corrected chi connectivity index (χ4v) is 2.32. The maximum atomic E-state index is 5.58. The number of nitrogens with zero attached hydrogens (tertiary/aromatic N) is 1. The Labute approximate surface area is 96.0 Å². The van der Waals surface area contributed by atoms with Crippen molar-refractivity contribution in [2.75, 3.05) is 20.8 Å². The molecule has 4 heteroatoms. The van der Waals surface area contributed by atoms with Crippen LogP contribution in [0.1, 0.15) is 24.4 Å². The van der Waals surface area contributed by atoms with Gasteiger partial charge in [-0.2, -0.15) is 0 Å². The number of piperidine rings is 1. The molecule has 4 nitrogen and oxygen atoms in total. The monoisotopic (exact) mass is 222 g/mol. The van der Waals surface area contributed by atoms with Crippen LogP contribution in [0.5, 0.6) is 0 Å². The summed E-state index contributed by atoms with van der Waals surface area (Å²) in [6.45, 7) is 0.980. The molecule has 0 saturated carbocycles. The molecular weight excluding hydrogens is 204 g/mol. The van der Waals surface area contributed by atoms with Gasteiger partial charge in [0.2, 0.25) is 0 Å². The maximum Gasteiger partial charge on any atom is 0.187 e. The second kappa shape index (κ2) is 4.91. The predicted molar refractivity (Wildman–Crippen MR) is 61.0 cm³/mol. The highest BCUT2D eigenvalue weighted by molar-refractivity contribution is 5.18. The van der Waals surface area contributed by atoms with Gasteiger partial charge in [-0.1, -0.05) is 6.07 Å². The molecule has 1 atom stereocenters. The van der Waals surface area contributed by atoms with E-state index in [1.807, 2.05) is 18.3 Å². The van der Waals surface area contributed by atoms with Crippen molar-refractivity contribution in [1.29, 1.82) is 0 Å². The van der Waals surface area contributed by atoms with Gasteiger partial charge in [0.05, 0.1) is 6.04 Å². The first-order valence-corrected chi connectivity index (χ1v) is 5.56. The first kappa shape index (κ1) is 11.5. The Hall–Kier alpha value is -0.970. The molecule has 2 rings (SSSR count). The van der Waals surface area contributed by atoms with Gasteiger partial charge in [-0.3, -0.25) is 4.98 Å². The lowest BCUT2D eigenvalue weighted by atomic mass is 9.92. The van der Waals surface area contributed by atoms with Crippen molar-refractivity contribution in [3.8, 4) is 0 Å². The van der Waals surface area contributed by atoms with E-state index < -0.39 is 5.79 Å². The molecule has 1 aliphatic heterocycles. The van der Waals surface area contributed by atoms with E-state index in [1.165, 1.54) is 0 Å². The molecule has 1 aromatic rings. The lowest BCUT2D eigenvalue weighted by Gasteiger charge is -2.42. The lowest BCUT2D eigenvalue weighted by molar-refractivity contribution is -0.239. The van der Waals surface area contributed by atoms with E-state index in [9.17, 15) is 0 Å². The Morgan fingerprint density at radius 1 is 1.44 bits per heavy atom. The fraction of sp³-hybridized carbons (Fsp3) is 0.583. The van der Waals surface area contributed by atoms with Crippen molar-refractivity contribution in [2.45, 2.75) is 24.7 Å². The highest BCUT2D eigenvalue weighted by atomic mass is 16.7. The number of hydrogen-bond acceptors (Lipinski definition) is 4. The molecule has 1 aliphatic rings. The van der Waals surface area contributed by atoms with E-state index in [1.54, 1.807) is 20.4 Å². The Balaban J connectivity index is 2.29. The van der Waals surface area contributed by atoms with E-state index in [0.717, 1.165) is 24.9 Å². The Morgan fingerprint density at radius 3 is 2.88 bits per heavy atom. The normalized spacial score (nSPS) is 24.2. The van der Waals surface area contributed by atoms with Gasteiger partial charge < -0.3 is 14.8 Å². The van der Waals surface area contributed by atoms with Crippen molar-refractivity contribution in [2.24, 2.45) is 0 Å². The number of aromatic nitrogens is 1. The second-order valence-electron chi connectivity index (χ2n) is 4.00. The van der Waals surface area contributed by atoms with Crippen LogP contribution >= 0.6 is 0 Å². The smallest absolute Gasteiger partial charge is 0.187 e. The summed E-state index contributed by atoms with van der Waals surface area (Å²) in [6, 6.07) is 4.02. The fourth-order valence-electron chi connectivity index (χ4n) is 2.32. The largest absolute Gasteiger partial charge is 0.351 e. The van der Waals surface area contributed by atoms with E-state index in [0.29, 0.717) is 0 Å². The summed E-state index contributed by atoms with van der Waals surface area (Å²) >= 11 is 0. The molecule has 0 amide bonds. The topological polar surface area (TPSA) is 43.4 Å². The van der Waals surface area contributed by atoms with Crippen molar-refractivity contribution >= 4 is 0 Å². The van der Waals surface area contributed by atoms with Crippen molar-refractivity contribution in [3.63, 3.8) is 0 Å². The maximum absolute atomic E-state index is 5.58. The van der Waals surface area contributed by atoms with Crippen LogP contribution in [-0.2, 0) is 9.47 Å². The van der Waals surface area contributed by atoms with Crippen LogP contribution in [0.2, 0.25) is 0 Å². The first-order chi connectivity index (χ1) is 7.82. The van der Waals surface area contributed by atoms with E-state index in [-0.39, 0.29) is 6.04 Å². The highest BCUT2D eigenvalue weighted by Gasteiger charge is 2.42. The number of hydrogen-bond donors (Lipinski definition) is 1. The first-order valence-electron chi connectivity index (χ1n) is 5.56. The summed E-state index contributed by atoms with van der Waals surface area (Å²) in [5, 5.41) is 3.44. The number of nitrogens with one attached hydrogen (secondary N) is 1. The van der Waals surface area contributed by atoms with E-state index in [4.69, 9.17) is 9.47 Å². The molecule has 1 unspecified atom stereocenters. The van der Waals surface area contributed by atoms with Crippen LogP contribution < -0.4 is 5.32 Å². The van der Waals surface area contributed by atoms with E-state index >= 15 is 0 Å². The van der Waals surface area contributed by atoms with Gasteiger partial charge in [0, 0.05) is 33.0 Å². The third-order valence-corrected chi connectivity index (χ3v) is 3.20. The third kappa shape index (κ3) is 1.96. The molecule has 0 radical (unpaired) electrons. The quantitative estimate of drug-likeness (QED) is 0.787. The Bertz CT molecular complexity index is 325. The van der Waals surface area contributed by atoms with Crippen LogP contribution in [0.15, 0.2) is 24.5 Å². The zero-order valence-corrected chi connectivity index (χ0v) is 9.77. The molecule has 1 N–H and O–H groups in total. The predicted octanol–water partition coefficient (Wildman–Crippen LogP) is 1.50. The van der Waals surface area contributed by atoms with Gasteiger partial charge in [-0.05, 0) is 24.6 Å². The highest BCUT2D eigenvalue weighted by Crippen LogP contribution is 2.36. The van der Waals surface area contributed by atoms with Gasteiger partial charge in [0.25, 0.3) is 0 Å². The standard InChI is InChI=1S/C12H18N2O2/c1-15-12(16-2)6-4-8-14-11(12)10-5-3-7-13-9-10/h3,5,7,9,11,14H,4,6,8H2,1-2H3. The van der Waals surface area contributed by atoms with Gasteiger partial charge in [-0.15, -0.1) is 0 Å². The van der Waals surface area contributed by atoms with Crippen LogP contribution in [0.3, 0.4) is 0 Å². The summed E-state index contributed by atoms with van der Waals surface area (Å²) in [5.74, 6) is -0.568. The van der Waals surface area contributed by atoms with Crippen molar-refractivity contribution < 1.29 is 9.47 Å². The molecule has 0 bridgehead atoms. The molecule has 88 valence electrons. The van der Waals surface area contributed by atoms with Crippen LogP contribution in [0.25, 0.3) is 0 Å². The van der Waals surface area contributed by atoms with E-state index in [2.05, 4.69) is 10.3 Å². The van der Waals surface area contributed by atoms with Crippen molar-refractivity contribution in [3.05, 3.63) is 30.1 Å². The van der Waals surface area contributed by atoms with Crippen LogP contribution in [0, 0.1) is 0 Å². The average molecular weight is 222 g/mol. The minimum absolute atomic E-state index is 0.0462. The molecular formula is C12H18N2O2. The van der Waals surface area contributed by atoms with Gasteiger partial charge >= 0.3 is 0 Å². The number of ether oxygens (including phenoxy) is 2. The second-order valence-corrected chi connectivity index (χ2v) is 4.00. The minimum atomic E-state index is -0.568. The minimum Gasteiger partial charge on any atom is -0.351 e. The summed E-state index contributed by atoms with van der Waals surface area (Å²) in [7, 11) is 3.39. The molecule has 16 heavy (non-hydrogen) atoms. The SMILES string of the molecule is COC1(OC)CCCNC1c1cccnc1. The summed E-state index contributed by atoms with van der Waals surface area (Å²) in [5.41, 5.74) is 1.10. The lowest BCUT2D eigenvalue weighted by Crippen LogP contribution is -2.51. The zero-order valence-electron chi connectivity index (χ0n) is 9.77. The third-order valence-electron chi connectivity index (χ3n) is 3.20. The molecule has 0 spiro atoms.